The van der Waals surface area contributed by atoms with Gasteiger partial charge < -0.3 is 19.5 Å². The normalized spacial score (nSPS) is 10.3. The number of ether oxygens (including phenoxy) is 3. The third kappa shape index (κ3) is 6.04. The molecule has 0 heterocycles. The summed E-state index contributed by atoms with van der Waals surface area (Å²) in [6.07, 6.45) is 0. The number of esters is 1. The van der Waals surface area contributed by atoms with Gasteiger partial charge in [-0.1, -0.05) is 15.9 Å². The second-order valence-electron chi connectivity index (χ2n) is 3.79. The maximum Gasteiger partial charge on any atom is 0.343 e. The van der Waals surface area contributed by atoms with Gasteiger partial charge in [-0.25, -0.2) is 4.79 Å². The summed E-state index contributed by atoms with van der Waals surface area (Å²) in [6, 6.07) is 5.64. The second-order valence-corrected chi connectivity index (χ2v) is 4.70. The Morgan fingerprint density at radius 3 is 2.84 bits per heavy atom. The molecule has 5 nitrogen and oxygen atoms in total. The smallest absolute Gasteiger partial charge is 0.343 e. The SMILES string of the molecule is COCCNCc1cc(Br)ccc1OCC(=O)OC. The van der Waals surface area contributed by atoms with Crippen molar-refractivity contribution >= 4 is 21.9 Å². The molecule has 1 aromatic rings. The summed E-state index contributed by atoms with van der Waals surface area (Å²) in [7, 11) is 2.99. The Morgan fingerprint density at radius 2 is 2.16 bits per heavy atom. The van der Waals surface area contributed by atoms with Gasteiger partial charge in [-0.2, -0.15) is 0 Å². The van der Waals surface area contributed by atoms with Crippen molar-refractivity contribution in [1.29, 1.82) is 0 Å². The van der Waals surface area contributed by atoms with E-state index >= 15 is 0 Å². The highest BCUT2D eigenvalue weighted by Gasteiger charge is 2.07. The molecule has 1 N–H and O–H groups in total. The Hall–Kier alpha value is -1.11. The van der Waals surface area contributed by atoms with Gasteiger partial charge in [-0.3, -0.25) is 0 Å². The molecular weight excluding hydrogens is 314 g/mol. The minimum absolute atomic E-state index is 0.0940. The Bertz CT molecular complexity index is 412. The van der Waals surface area contributed by atoms with Gasteiger partial charge in [0.1, 0.15) is 5.75 Å². The van der Waals surface area contributed by atoms with E-state index in [-0.39, 0.29) is 6.61 Å². The van der Waals surface area contributed by atoms with Crippen LogP contribution in [0.2, 0.25) is 0 Å². The van der Waals surface area contributed by atoms with Gasteiger partial charge in [0, 0.05) is 30.2 Å². The zero-order valence-corrected chi connectivity index (χ0v) is 12.7. The van der Waals surface area contributed by atoms with Crippen LogP contribution in [-0.4, -0.2) is 39.9 Å². The summed E-state index contributed by atoms with van der Waals surface area (Å²) in [5.41, 5.74) is 0.967. The first-order valence-electron chi connectivity index (χ1n) is 5.85. The van der Waals surface area contributed by atoms with Gasteiger partial charge in [0.15, 0.2) is 6.61 Å². The van der Waals surface area contributed by atoms with Crippen LogP contribution in [0, 0.1) is 0 Å². The average molecular weight is 332 g/mol. The van der Waals surface area contributed by atoms with Crippen LogP contribution in [-0.2, 0) is 20.8 Å². The average Bonchev–Trinajstić information content (AvgIpc) is 2.42. The Morgan fingerprint density at radius 1 is 1.37 bits per heavy atom. The maximum absolute atomic E-state index is 11.1. The quantitative estimate of drug-likeness (QED) is 0.580. The molecule has 1 rings (SSSR count). The summed E-state index contributed by atoms with van der Waals surface area (Å²) in [5, 5.41) is 3.23. The molecule has 0 saturated heterocycles. The molecule has 0 amide bonds. The van der Waals surface area contributed by atoms with Crippen molar-refractivity contribution in [3.63, 3.8) is 0 Å². The van der Waals surface area contributed by atoms with Gasteiger partial charge in [-0.15, -0.1) is 0 Å². The van der Waals surface area contributed by atoms with E-state index in [1.54, 1.807) is 7.11 Å². The third-order valence-electron chi connectivity index (χ3n) is 2.39. The van der Waals surface area contributed by atoms with Crippen molar-refractivity contribution in [3.8, 4) is 5.75 Å². The maximum atomic E-state index is 11.1. The summed E-state index contributed by atoms with van der Waals surface area (Å²) < 4.78 is 15.9. The Balaban J connectivity index is 2.60. The summed E-state index contributed by atoms with van der Waals surface area (Å²) in [5.74, 6) is 0.264. The predicted octanol–water partition coefficient (Wildman–Crippen LogP) is 1.74. The molecule has 0 spiro atoms. The first-order chi connectivity index (χ1) is 9.17. The molecular formula is C13H18BrNO4. The number of benzene rings is 1. The zero-order valence-electron chi connectivity index (χ0n) is 11.1. The number of hydrogen-bond acceptors (Lipinski definition) is 5. The molecule has 0 bridgehead atoms. The monoisotopic (exact) mass is 331 g/mol. The van der Waals surface area contributed by atoms with Crippen LogP contribution in [0.1, 0.15) is 5.56 Å². The molecule has 0 aromatic heterocycles. The van der Waals surface area contributed by atoms with Gasteiger partial charge >= 0.3 is 5.97 Å². The van der Waals surface area contributed by atoms with E-state index in [1.807, 2.05) is 18.2 Å². The molecule has 0 unspecified atom stereocenters. The van der Waals surface area contributed by atoms with Crippen LogP contribution in [0.3, 0.4) is 0 Å². The lowest BCUT2D eigenvalue weighted by Gasteiger charge is -2.12. The van der Waals surface area contributed by atoms with E-state index in [4.69, 9.17) is 9.47 Å². The molecule has 0 aliphatic heterocycles. The van der Waals surface area contributed by atoms with Crippen molar-refractivity contribution in [2.75, 3.05) is 34.0 Å². The molecule has 6 heteroatoms. The number of halogens is 1. The predicted molar refractivity (Wildman–Crippen MR) is 75.2 cm³/mol. The molecule has 0 aliphatic rings. The highest BCUT2D eigenvalue weighted by atomic mass is 79.9. The molecule has 0 fully saturated rings. The highest BCUT2D eigenvalue weighted by Crippen LogP contribution is 2.23. The van der Waals surface area contributed by atoms with E-state index in [1.165, 1.54) is 7.11 Å². The van der Waals surface area contributed by atoms with E-state index < -0.39 is 5.97 Å². The molecule has 1 aromatic carbocycles. The van der Waals surface area contributed by atoms with Crippen molar-refractivity contribution in [1.82, 2.24) is 5.32 Å². The topological polar surface area (TPSA) is 56.8 Å². The largest absolute Gasteiger partial charge is 0.482 e. The molecule has 19 heavy (non-hydrogen) atoms. The fourth-order valence-electron chi connectivity index (χ4n) is 1.42. The van der Waals surface area contributed by atoms with Gasteiger partial charge in [0.25, 0.3) is 0 Å². The van der Waals surface area contributed by atoms with Crippen LogP contribution < -0.4 is 10.1 Å². The second kappa shape index (κ2) is 8.90. The molecule has 0 atom stereocenters. The van der Waals surface area contributed by atoms with Crippen LogP contribution in [0.5, 0.6) is 5.75 Å². The fraction of sp³-hybridized carbons (Fsp3) is 0.462. The zero-order chi connectivity index (χ0) is 14.1. The lowest BCUT2D eigenvalue weighted by Crippen LogP contribution is -2.20. The summed E-state index contributed by atoms with van der Waals surface area (Å²) >= 11 is 3.41. The first-order valence-corrected chi connectivity index (χ1v) is 6.64. The number of rotatable bonds is 8. The van der Waals surface area contributed by atoms with Crippen LogP contribution in [0.4, 0.5) is 0 Å². The molecule has 106 valence electrons. The van der Waals surface area contributed by atoms with E-state index in [0.29, 0.717) is 18.9 Å². The van der Waals surface area contributed by atoms with Crippen molar-refractivity contribution < 1.29 is 19.0 Å². The van der Waals surface area contributed by atoms with Crippen molar-refractivity contribution in [2.24, 2.45) is 0 Å². The Labute approximate surface area is 121 Å². The number of carbonyl (C=O) groups is 1. The lowest BCUT2D eigenvalue weighted by molar-refractivity contribution is -0.142. The fourth-order valence-corrected chi connectivity index (χ4v) is 1.83. The van der Waals surface area contributed by atoms with Crippen molar-refractivity contribution in [2.45, 2.75) is 6.54 Å². The molecule has 0 radical (unpaired) electrons. The van der Waals surface area contributed by atoms with Gasteiger partial charge in [0.2, 0.25) is 0 Å². The first kappa shape index (κ1) is 15.9. The number of carbonyl (C=O) groups excluding carboxylic acids is 1. The Kier molecular flexibility index (Phi) is 7.47. The van der Waals surface area contributed by atoms with E-state index in [0.717, 1.165) is 16.6 Å². The lowest BCUT2D eigenvalue weighted by atomic mass is 10.2. The highest BCUT2D eigenvalue weighted by molar-refractivity contribution is 9.10. The molecule has 0 saturated carbocycles. The summed E-state index contributed by atoms with van der Waals surface area (Å²) in [6.45, 7) is 1.94. The van der Waals surface area contributed by atoms with Gasteiger partial charge in [-0.05, 0) is 18.2 Å². The van der Waals surface area contributed by atoms with Gasteiger partial charge in [0.05, 0.1) is 13.7 Å². The minimum Gasteiger partial charge on any atom is -0.482 e. The number of hydrogen-bond donors (Lipinski definition) is 1. The minimum atomic E-state index is -0.402. The van der Waals surface area contributed by atoms with Crippen LogP contribution in [0.25, 0.3) is 0 Å². The standard InChI is InChI=1S/C13H18BrNO4/c1-17-6-5-15-8-10-7-11(14)3-4-12(10)19-9-13(16)18-2/h3-4,7,15H,5-6,8-9H2,1-2H3. The van der Waals surface area contributed by atoms with Crippen LogP contribution >= 0.6 is 15.9 Å². The summed E-state index contributed by atoms with van der Waals surface area (Å²) in [4.78, 5) is 11.1. The third-order valence-corrected chi connectivity index (χ3v) is 2.89. The molecule has 0 aliphatic carbocycles. The number of methoxy groups -OCH3 is 2. The van der Waals surface area contributed by atoms with Crippen LogP contribution in [0.15, 0.2) is 22.7 Å². The van der Waals surface area contributed by atoms with E-state index in [9.17, 15) is 4.79 Å². The number of nitrogens with one attached hydrogen (secondary N) is 1. The van der Waals surface area contributed by atoms with Crippen molar-refractivity contribution in [3.05, 3.63) is 28.2 Å². The van der Waals surface area contributed by atoms with E-state index in [2.05, 4.69) is 26.0 Å².